The number of aromatic nitrogens is 1. The van der Waals surface area contributed by atoms with Crippen molar-refractivity contribution in [2.24, 2.45) is 0 Å². The minimum Gasteiger partial charge on any atom is -0.373 e. The summed E-state index contributed by atoms with van der Waals surface area (Å²) in [4.78, 5) is 15.8. The maximum absolute atomic E-state index is 13.4. The molecule has 1 aromatic heterocycles. The highest BCUT2D eigenvalue weighted by Crippen LogP contribution is 2.19. The number of amides is 1. The Labute approximate surface area is 108 Å². The third-order valence-corrected chi connectivity index (χ3v) is 2.48. The average molecular weight is 263 g/mol. The Morgan fingerprint density at radius 1 is 1.21 bits per heavy atom. The molecule has 0 spiro atoms. The largest absolute Gasteiger partial charge is 0.373 e. The fourth-order valence-corrected chi connectivity index (χ4v) is 1.51. The molecule has 2 N–H and O–H groups in total. The highest BCUT2D eigenvalue weighted by Gasteiger charge is 2.13. The molecule has 2 rings (SSSR count). The van der Waals surface area contributed by atoms with Crippen LogP contribution in [-0.4, -0.2) is 17.9 Å². The first kappa shape index (κ1) is 12.9. The number of rotatable bonds is 3. The van der Waals surface area contributed by atoms with E-state index in [0.717, 1.165) is 12.1 Å². The molecule has 0 fully saturated rings. The summed E-state index contributed by atoms with van der Waals surface area (Å²) in [5.74, 6) is -1.77. The second-order valence-electron chi connectivity index (χ2n) is 3.73. The molecule has 19 heavy (non-hydrogen) atoms. The maximum Gasteiger partial charge on any atom is 0.256 e. The van der Waals surface area contributed by atoms with Crippen molar-refractivity contribution >= 4 is 17.4 Å². The Hall–Kier alpha value is -2.50. The molecule has 0 saturated carbocycles. The summed E-state index contributed by atoms with van der Waals surface area (Å²) in [6.45, 7) is 0. The fourth-order valence-electron chi connectivity index (χ4n) is 1.51. The molecule has 1 amide bonds. The summed E-state index contributed by atoms with van der Waals surface area (Å²) >= 11 is 0. The molecule has 0 saturated heterocycles. The molecular formula is C13H11F2N3O. The van der Waals surface area contributed by atoms with Gasteiger partial charge in [-0.3, -0.25) is 4.79 Å². The number of anilines is 2. The normalized spacial score (nSPS) is 10.1. The minimum absolute atomic E-state index is 0.252. The van der Waals surface area contributed by atoms with Crippen LogP contribution in [0, 0.1) is 11.6 Å². The van der Waals surface area contributed by atoms with Gasteiger partial charge in [-0.1, -0.05) is 6.07 Å². The van der Waals surface area contributed by atoms with E-state index >= 15 is 0 Å². The van der Waals surface area contributed by atoms with E-state index in [2.05, 4.69) is 15.6 Å². The summed E-state index contributed by atoms with van der Waals surface area (Å²) in [6.07, 6.45) is 1.43. The second-order valence-corrected chi connectivity index (χ2v) is 3.73. The lowest BCUT2D eigenvalue weighted by molar-refractivity contribution is 0.102. The molecule has 2 aromatic rings. The predicted octanol–water partition coefficient (Wildman–Crippen LogP) is 2.65. The average Bonchev–Trinajstić information content (AvgIpc) is 2.43. The zero-order chi connectivity index (χ0) is 13.8. The molecule has 4 nitrogen and oxygen atoms in total. The van der Waals surface area contributed by atoms with Gasteiger partial charge < -0.3 is 10.6 Å². The lowest BCUT2D eigenvalue weighted by Crippen LogP contribution is -2.14. The predicted molar refractivity (Wildman–Crippen MR) is 68.1 cm³/mol. The van der Waals surface area contributed by atoms with Crippen LogP contribution in [0.25, 0.3) is 0 Å². The molecule has 0 radical (unpaired) electrons. The Bertz CT molecular complexity index is 596. The molecule has 0 aliphatic heterocycles. The van der Waals surface area contributed by atoms with Crippen molar-refractivity contribution in [1.82, 2.24) is 4.98 Å². The molecule has 0 unspecified atom stereocenters. The molecule has 0 atom stereocenters. The molecule has 0 aliphatic carbocycles. The standard InChI is InChI=1S/C13H11F2N3O/c1-16-11-7-8(5-6-17-11)13(19)18-12-9(14)3-2-4-10(12)15/h2-7H,1H3,(H,16,17)(H,18,19). The van der Waals surface area contributed by atoms with Crippen LogP contribution in [0.5, 0.6) is 0 Å². The van der Waals surface area contributed by atoms with Gasteiger partial charge in [0.2, 0.25) is 0 Å². The van der Waals surface area contributed by atoms with Gasteiger partial charge in [-0.15, -0.1) is 0 Å². The number of benzene rings is 1. The van der Waals surface area contributed by atoms with Crippen molar-refractivity contribution in [1.29, 1.82) is 0 Å². The van der Waals surface area contributed by atoms with E-state index in [0.29, 0.717) is 5.82 Å². The maximum atomic E-state index is 13.4. The number of hydrogen-bond donors (Lipinski definition) is 2. The van der Waals surface area contributed by atoms with Crippen LogP contribution in [0.4, 0.5) is 20.3 Å². The molecule has 0 bridgehead atoms. The number of hydrogen-bond acceptors (Lipinski definition) is 3. The monoisotopic (exact) mass is 263 g/mol. The van der Waals surface area contributed by atoms with Crippen LogP contribution >= 0.6 is 0 Å². The molecule has 6 heteroatoms. The Balaban J connectivity index is 2.25. The summed E-state index contributed by atoms with van der Waals surface area (Å²) in [6, 6.07) is 6.31. The van der Waals surface area contributed by atoms with Crippen molar-refractivity contribution in [3.8, 4) is 0 Å². The lowest BCUT2D eigenvalue weighted by Gasteiger charge is -2.08. The number of para-hydroxylation sites is 1. The second kappa shape index (κ2) is 5.43. The van der Waals surface area contributed by atoms with Gasteiger partial charge in [0.05, 0.1) is 0 Å². The fraction of sp³-hybridized carbons (Fsp3) is 0.0769. The van der Waals surface area contributed by atoms with E-state index in [1.165, 1.54) is 24.4 Å². The van der Waals surface area contributed by atoms with E-state index in [9.17, 15) is 13.6 Å². The first-order valence-electron chi connectivity index (χ1n) is 5.51. The molecule has 1 heterocycles. The van der Waals surface area contributed by atoms with Crippen molar-refractivity contribution in [3.05, 3.63) is 53.7 Å². The van der Waals surface area contributed by atoms with Crippen molar-refractivity contribution in [3.63, 3.8) is 0 Å². The van der Waals surface area contributed by atoms with Crippen LogP contribution in [0.3, 0.4) is 0 Å². The van der Waals surface area contributed by atoms with Crippen LogP contribution in [0.2, 0.25) is 0 Å². The number of nitrogens with one attached hydrogen (secondary N) is 2. The van der Waals surface area contributed by atoms with E-state index in [1.807, 2.05) is 0 Å². The van der Waals surface area contributed by atoms with Gasteiger partial charge in [-0.05, 0) is 24.3 Å². The van der Waals surface area contributed by atoms with Crippen LogP contribution in [0.1, 0.15) is 10.4 Å². The summed E-state index contributed by atoms with van der Waals surface area (Å²) in [7, 11) is 1.65. The SMILES string of the molecule is CNc1cc(C(=O)Nc2c(F)cccc2F)ccn1. The van der Waals surface area contributed by atoms with Crippen LogP contribution in [-0.2, 0) is 0 Å². The number of pyridine rings is 1. The first-order chi connectivity index (χ1) is 9.11. The highest BCUT2D eigenvalue weighted by atomic mass is 19.1. The summed E-state index contributed by atoms with van der Waals surface area (Å²) < 4.78 is 26.8. The summed E-state index contributed by atoms with van der Waals surface area (Å²) in [5.41, 5.74) is -0.211. The molecular weight excluding hydrogens is 252 g/mol. The smallest absolute Gasteiger partial charge is 0.256 e. The van der Waals surface area contributed by atoms with Gasteiger partial charge >= 0.3 is 0 Å². The van der Waals surface area contributed by atoms with Gasteiger partial charge in [0.25, 0.3) is 5.91 Å². The van der Waals surface area contributed by atoms with Gasteiger partial charge in [0.15, 0.2) is 0 Å². The first-order valence-corrected chi connectivity index (χ1v) is 5.51. The van der Waals surface area contributed by atoms with Crippen LogP contribution < -0.4 is 10.6 Å². The quantitative estimate of drug-likeness (QED) is 0.895. The van der Waals surface area contributed by atoms with Crippen molar-refractivity contribution in [2.45, 2.75) is 0 Å². The zero-order valence-electron chi connectivity index (χ0n) is 10.1. The van der Waals surface area contributed by atoms with E-state index in [4.69, 9.17) is 0 Å². The third-order valence-electron chi connectivity index (χ3n) is 2.48. The van der Waals surface area contributed by atoms with Gasteiger partial charge in [0, 0.05) is 18.8 Å². The van der Waals surface area contributed by atoms with Crippen LogP contribution in [0.15, 0.2) is 36.5 Å². The van der Waals surface area contributed by atoms with Crippen molar-refractivity contribution in [2.75, 3.05) is 17.7 Å². The zero-order valence-corrected chi connectivity index (χ0v) is 10.1. The third kappa shape index (κ3) is 2.85. The molecule has 98 valence electrons. The molecule has 1 aromatic carbocycles. The number of nitrogens with zero attached hydrogens (tertiary/aromatic N) is 1. The highest BCUT2D eigenvalue weighted by molar-refractivity contribution is 6.04. The molecule has 0 aliphatic rings. The Morgan fingerprint density at radius 3 is 2.53 bits per heavy atom. The van der Waals surface area contributed by atoms with Crippen molar-refractivity contribution < 1.29 is 13.6 Å². The van der Waals surface area contributed by atoms with E-state index in [-0.39, 0.29) is 5.56 Å². The van der Waals surface area contributed by atoms with Gasteiger partial charge in [0.1, 0.15) is 23.1 Å². The van der Waals surface area contributed by atoms with E-state index < -0.39 is 23.2 Å². The van der Waals surface area contributed by atoms with Gasteiger partial charge in [-0.25, -0.2) is 13.8 Å². The number of carbonyl (C=O) groups is 1. The minimum atomic E-state index is -0.823. The number of carbonyl (C=O) groups excluding carboxylic acids is 1. The Morgan fingerprint density at radius 2 is 1.89 bits per heavy atom. The summed E-state index contributed by atoms with van der Waals surface area (Å²) in [5, 5.41) is 4.97. The topological polar surface area (TPSA) is 54.0 Å². The lowest BCUT2D eigenvalue weighted by atomic mass is 10.2. The van der Waals surface area contributed by atoms with E-state index in [1.54, 1.807) is 7.05 Å². The number of halogens is 2. The Kier molecular flexibility index (Phi) is 3.70. The van der Waals surface area contributed by atoms with Gasteiger partial charge in [-0.2, -0.15) is 0 Å².